The predicted octanol–water partition coefficient (Wildman–Crippen LogP) is 2.73. The van der Waals surface area contributed by atoms with Crippen LogP contribution in [0.5, 0.6) is 0 Å². The SMILES string of the molecule is COC(=O)c1cc(Cl)nc(NC(C)(C)C)c1. The number of anilines is 1. The zero-order valence-electron chi connectivity index (χ0n) is 9.80. The van der Waals surface area contributed by atoms with E-state index >= 15 is 0 Å². The van der Waals surface area contributed by atoms with Crippen molar-refractivity contribution in [2.24, 2.45) is 0 Å². The molecule has 1 N–H and O–H groups in total. The van der Waals surface area contributed by atoms with Crippen LogP contribution in [0.2, 0.25) is 5.15 Å². The number of hydrogen-bond donors (Lipinski definition) is 1. The second-order valence-corrected chi connectivity index (χ2v) is 4.82. The quantitative estimate of drug-likeness (QED) is 0.640. The van der Waals surface area contributed by atoms with Gasteiger partial charge in [0.1, 0.15) is 11.0 Å². The van der Waals surface area contributed by atoms with Gasteiger partial charge in [0.2, 0.25) is 0 Å². The van der Waals surface area contributed by atoms with Crippen LogP contribution in [0.15, 0.2) is 12.1 Å². The molecule has 0 atom stereocenters. The van der Waals surface area contributed by atoms with E-state index in [1.54, 1.807) is 6.07 Å². The highest BCUT2D eigenvalue weighted by Crippen LogP contribution is 2.18. The number of nitrogens with zero attached hydrogens (tertiary/aromatic N) is 1. The maximum atomic E-state index is 11.3. The summed E-state index contributed by atoms with van der Waals surface area (Å²) in [5.74, 6) is 0.127. The molecule has 0 unspecified atom stereocenters. The summed E-state index contributed by atoms with van der Waals surface area (Å²) in [6.07, 6.45) is 0. The number of methoxy groups -OCH3 is 1. The lowest BCUT2D eigenvalue weighted by molar-refractivity contribution is 0.0600. The Kier molecular flexibility index (Phi) is 3.75. The lowest BCUT2D eigenvalue weighted by atomic mass is 10.1. The van der Waals surface area contributed by atoms with Crippen molar-refractivity contribution >= 4 is 23.4 Å². The van der Waals surface area contributed by atoms with Gasteiger partial charge in [-0.05, 0) is 32.9 Å². The summed E-state index contributed by atoms with van der Waals surface area (Å²) in [5, 5.41) is 3.40. The van der Waals surface area contributed by atoms with Gasteiger partial charge in [-0.2, -0.15) is 0 Å². The lowest BCUT2D eigenvalue weighted by Crippen LogP contribution is -2.26. The molecule has 1 aromatic heterocycles. The van der Waals surface area contributed by atoms with Crippen molar-refractivity contribution in [2.75, 3.05) is 12.4 Å². The first-order valence-corrected chi connectivity index (χ1v) is 5.24. The van der Waals surface area contributed by atoms with Gasteiger partial charge < -0.3 is 10.1 Å². The summed E-state index contributed by atoms with van der Waals surface area (Å²) in [7, 11) is 1.33. The second-order valence-electron chi connectivity index (χ2n) is 4.43. The molecule has 0 fully saturated rings. The van der Waals surface area contributed by atoms with Gasteiger partial charge in [0.15, 0.2) is 0 Å². The van der Waals surface area contributed by atoms with E-state index in [9.17, 15) is 4.79 Å². The first kappa shape index (κ1) is 12.8. The maximum Gasteiger partial charge on any atom is 0.338 e. The number of esters is 1. The fourth-order valence-corrected chi connectivity index (χ4v) is 1.39. The number of aromatic nitrogens is 1. The van der Waals surface area contributed by atoms with Crippen LogP contribution in [-0.4, -0.2) is 23.6 Å². The Bertz CT molecular complexity index is 399. The summed E-state index contributed by atoms with van der Waals surface area (Å²) < 4.78 is 4.62. The van der Waals surface area contributed by atoms with E-state index in [1.807, 2.05) is 20.8 Å². The fourth-order valence-electron chi connectivity index (χ4n) is 1.18. The zero-order valence-corrected chi connectivity index (χ0v) is 10.6. The standard InChI is InChI=1S/C11H15ClN2O2/c1-11(2,3)14-9-6-7(10(15)16-4)5-8(12)13-9/h5-6H,1-4H3,(H,13,14). The number of halogens is 1. The third-order valence-electron chi connectivity index (χ3n) is 1.72. The van der Waals surface area contributed by atoms with Gasteiger partial charge in [0, 0.05) is 5.54 Å². The Balaban J connectivity index is 3.03. The van der Waals surface area contributed by atoms with Crippen LogP contribution < -0.4 is 5.32 Å². The highest BCUT2D eigenvalue weighted by Gasteiger charge is 2.14. The van der Waals surface area contributed by atoms with Crippen molar-refractivity contribution < 1.29 is 9.53 Å². The van der Waals surface area contributed by atoms with Gasteiger partial charge in [0.25, 0.3) is 0 Å². The normalized spacial score (nSPS) is 11.1. The molecule has 0 spiro atoms. The van der Waals surface area contributed by atoms with Crippen LogP contribution in [-0.2, 0) is 4.74 Å². The van der Waals surface area contributed by atoms with E-state index in [1.165, 1.54) is 13.2 Å². The third-order valence-corrected chi connectivity index (χ3v) is 1.91. The van der Waals surface area contributed by atoms with Gasteiger partial charge >= 0.3 is 5.97 Å². The van der Waals surface area contributed by atoms with E-state index in [0.29, 0.717) is 11.4 Å². The summed E-state index contributed by atoms with van der Waals surface area (Å²) in [4.78, 5) is 15.4. The van der Waals surface area contributed by atoms with E-state index < -0.39 is 5.97 Å². The van der Waals surface area contributed by atoms with Crippen molar-refractivity contribution in [1.29, 1.82) is 0 Å². The molecule has 88 valence electrons. The maximum absolute atomic E-state index is 11.3. The summed E-state index contributed by atoms with van der Waals surface area (Å²) in [6, 6.07) is 3.09. The smallest absolute Gasteiger partial charge is 0.338 e. The number of carbonyl (C=O) groups is 1. The number of nitrogens with one attached hydrogen (secondary N) is 1. The van der Waals surface area contributed by atoms with Crippen LogP contribution in [0.25, 0.3) is 0 Å². The van der Waals surface area contributed by atoms with Gasteiger partial charge in [-0.25, -0.2) is 9.78 Å². The van der Waals surface area contributed by atoms with E-state index in [4.69, 9.17) is 11.6 Å². The minimum absolute atomic E-state index is 0.148. The fraction of sp³-hybridized carbons (Fsp3) is 0.455. The second kappa shape index (κ2) is 4.70. The van der Waals surface area contributed by atoms with Crippen LogP contribution in [0.1, 0.15) is 31.1 Å². The average molecular weight is 243 g/mol. The Morgan fingerprint density at radius 2 is 2.06 bits per heavy atom. The molecule has 0 aromatic carbocycles. The molecule has 4 nitrogen and oxygen atoms in total. The van der Waals surface area contributed by atoms with Crippen LogP contribution >= 0.6 is 11.6 Å². The van der Waals surface area contributed by atoms with Crippen molar-refractivity contribution in [1.82, 2.24) is 4.98 Å². The highest BCUT2D eigenvalue weighted by molar-refractivity contribution is 6.29. The van der Waals surface area contributed by atoms with Crippen LogP contribution in [0.3, 0.4) is 0 Å². The van der Waals surface area contributed by atoms with E-state index in [-0.39, 0.29) is 10.7 Å². The topological polar surface area (TPSA) is 51.2 Å². The molecule has 1 aromatic rings. The molecule has 0 saturated heterocycles. The molecule has 0 radical (unpaired) electrons. The number of pyridine rings is 1. The number of rotatable bonds is 2. The molecule has 1 heterocycles. The minimum Gasteiger partial charge on any atom is -0.465 e. The zero-order chi connectivity index (χ0) is 12.3. The predicted molar refractivity (Wildman–Crippen MR) is 64.0 cm³/mol. The van der Waals surface area contributed by atoms with E-state index in [2.05, 4.69) is 15.0 Å². The molecular formula is C11H15ClN2O2. The van der Waals surface area contributed by atoms with Gasteiger partial charge in [0.05, 0.1) is 12.7 Å². The minimum atomic E-state index is -0.429. The first-order chi connectivity index (χ1) is 7.31. The molecular weight excluding hydrogens is 228 g/mol. The summed E-state index contributed by atoms with van der Waals surface area (Å²) in [5.41, 5.74) is 0.236. The summed E-state index contributed by atoms with van der Waals surface area (Å²) >= 11 is 5.82. The number of carbonyl (C=O) groups excluding carboxylic acids is 1. The first-order valence-electron chi connectivity index (χ1n) is 4.86. The molecule has 0 saturated carbocycles. The van der Waals surface area contributed by atoms with Gasteiger partial charge in [-0.1, -0.05) is 11.6 Å². The monoisotopic (exact) mass is 242 g/mol. The summed E-state index contributed by atoms with van der Waals surface area (Å²) in [6.45, 7) is 5.98. The number of hydrogen-bond acceptors (Lipinski definition) is 4. The Labute approximate surface area is 100.0 Å². The molecule has 0 aliphatic rings. The van der Waals surface area contributed by atoms with Crippen LogP contribution in [0, 0.1) is 0 Å². The Hall–Kier alpha value is -1.29. The van der Waals surface area contributed by atoms with Crippen molar-refractivity contribution in [3.05, 3.63) is 22.8 Å². The molecule has 0 bridgehead atoms. The van der Waals surface area contributed by atoms with Crippen LogP contribution in [0.4, 0.5) is 5.82 Å². The lowest BCUT2D eigenvalue weighted by Gasteiger charge is -2.21. The molecule has 0 amide bonds. The van der Waals surface area contributed by atoms with E-state index in [0.717, 1.165) is 0 Å². The molecule has 0 aliphatic heterocycles. The molecule has 0 aliphatic carbocycles. The van der Waals surface area contributed by atoms with Crippen molar-refractivity contribution in [3.8, 4) is 0 Å². The average Bonchev–Trinajstić information content (AvgIpc) is 2.12. The van der Waals surface area contributed by atoms with Gasteiger partial charge in [-0.3, -0.25) is 0 Å². The Morgan fingerprint density at radius 1 is 1.44 bits per heavy atom. The Morgan fingerprint density at radius 3 is 2.56 bits per heavy atom. The van der Waals surface area contributed by atoms with Crippen molar-refractivity contribution in [3.63, 3.8) is 0 Å². The van der Waals surface area contributed by atoms with Crippen molar-refractivity contribution in [2.45, 2.75) is 26.3 Å². The largest absolute Gasteiger partial charge is 0.465 e. The third kappa shape index (κ3) is 3.70. The molecule has 16 heavy (non-hydrogen) atoms. The highest BCUT2D eigenvalue weighted by atomic mass is 35.5. The van der Waals surface area contributed by atoms with Gasteiger partial charge in [-0.15, -0.1) is 0 Å². The number of ether oxygens (including phenoxy) is 1. The molecule has 5 heteroatoms. The molecule has 1 rings (SSSR count).